The number of nitrogens with zero attached hydrogens (tertiary/aromatic N) is 1. The number of hydrogen-bond acceptors (Lipinski definition) is 4. The van der Waals surface area contributed by atoms with Crippen molar-refractivity contribution in [1.82, 2.24) is 4.98 Å². The van der Waals surface area contributed by atoms with Crippen molar-refractivity contribution in [2.75, 3.05) is 0 Å². The number of benzene rings is 1. The molecule has 0 aliphatic carbocycles. The quantitative estimate of drug-likeness (QED) is 0.862. The average Bonchev–Trinajstić information content (AvgIpc) is 2.78. The zero-order chi connectivity index (χ0) is 10.7. The third-order valence-electron chi connectivity index (χ3n) is 2.02. The Balaban J connectivity index is 2.28. The summed E-state index contributed by atoms with van der Waals surface area (Å²) in [5.74, 6) is 0.745. The number of aromatic nitrogens is 1. The molecule has 77 valence electrons. The van der Waals surface area contributed by atoms with Crippen molar-refractivity contribution in [3.05, 3.63) is 42.4 Å². The molecule has 0 bridgehead atoms. The van der Waals surface area contributed by atoms with Crippen LogP contribution in [0.5, 0.6) is 5.75 Å². The van der Waals surface area contributed by atoms with Gasteiger partial charge in [0.15, 0.2) is 0 Å². The largest absolute Gasteiger partial charge is 0.490 e. The molecule has 1 heterocycles. The summed E-state index contributed by atoms with van der Waals surface area (Å²) in [6.07, 6.45) is 1.81. The van der Waals surface area contributed by atoms with E-state index < -0.39 is 0 Å². The number of rotatable bonds is 3. The molecule has 0 spiro atoms. The summed E-state index contributed by atoms with van der Waals surface area (Å²) in [6, 6.07) is 7.65. The SMILES string of the molecule is [CH2]Oc1ccc(-c2ncc(CN)s2)cc1. The van der Waals surface area contributed by atoms with Gasteiger partial charge >= 0.3 is 0 Å². The highest BCUT2D eigenvalue weighted by molar-refractivity contribution is 7.15. The molecule has 1 aromatic heterocycles. The highest BCUT2D eigenvalue weighted by atomic mass is 32.1. The summed E-state index contributed by atoms with van der Waals surface area (Å²) >= 11 is 1.61. The van der Waals surface area contributed by atoms with Crippen LogP contribution in [0.1, 0.15) is 4.88 Å². The fourth-order valence-corrected chi connectivity index (χ4v) is 2.03. The Morgan fingerprint density at radius 2 is 2.07 bits per heavy atom. The smallest absolute Gasteiger partial charge is 0.123 e. The highest BCUT2D eigenvalue weighted by Gasteiger charge is 2.03. The molecular formula is C11H11N2OS. The molecule has 0 amide bonds. The standard InChI is InChI=1S/C11H11N2OS/c1-14-9-4-2-8(3-5-9)11-13-7-10(6-12)15-11/h2-5,7H,1,6,12H2. The van der Waals surface area contributed by atoms with Crippen molar-refractivity contribution in [2.45, 2.75) is 6.54 Å². The second kappa shape index (κ2) is 4.42. The predicted molar refractivity (Wildman–Crippen MR) is 61.4 cm³/mol. The van der Waals surface area contributed by atoms with Crippen LogP contribution < -0.4 is 10.5 Å². The Labute approximate surface area is 92.5 Å². The summed E-state index contributed by atoms with van der Waals surface area (Å²) in [5.41, 5.74) is 6.60. The van der Waals surface area contributed by atoms with Crippen molar-refractivity contribution in [3.8, 4) is 16.3 Å². The van der Waals surface area contributed by atoms with E-state index >= 15 is 0 Å². The zero-order valence-corrected chi connectivity index (χ0v) is 8.96. The van der Waals surface area contributed by atoms with Gasteiger partial charge < -0.3 is 10.5 Å². The van der Waals surface area contributed by atoms with Gasteiger partial charge in [-0.15, -0.1) is 11.3 Å². The summed E-state index contributed by atoms with van der Waals surface area (Å²) in [5, 5.41) is 0.978. The fraction of sp³-hybridized carbons (Fsp3) is 0.0909. The molecule has 2 N–H and O–H groups in total. The molecule has 0 atom stereocenters. The Bertz CT molecular complexity index is 436. The van der Waals surface area contributed by atoms with E-state index in [-0.39, 0.29) is 0 Å². The summed E-state index contributed by atoms with van der Waals surface area (Å²) in [7, 11) is 3.35. The Morgan fingerprint density at radius 3 is 2.60 bits per heavy atom. The number of nitrogens with two attached hydrogens (primary N) is 1. The Kier molecular flexibility index (Phi) is 2.99. The third kappa shape index (κ3) is 2.16. The van der Waals surface area contributed by atoms with Crippen LogP contribution in [0.3, 0.4) is 0 Å². The van der Waals surface area contributed by atoms with Crippen molar-refractivity contribution in [3.63, 3.8) is 0 Å². The van der Waals surface area contributed by atoms with E-state index in [0.717, 1.165) is 21.2 Å². The van der Waals surface area contributed by atoms with Crippen LogP contribution in [0.2, 0.25) is 0 Å². The molecule has 3 nitrogen and oxygen atoms in total. The van der Waals surface area contributed by atoms with Crippen LogP contribution in [0.15, 0.2) is 30.5 Å². The molecule has 1 aromatic carbocycles. The van der Waals surface area contributed by atoms with E-state index in [1.54, 1.807) is 11.3 Å². The molecule has 4 heteroatoms. The molecule has 1 radical (unpaired) electrons. The van der Waals surface area contributed by atoms with Crippen LogP contribution in [0, 0.1) is 7.11 Å². The van der Waals surface area contributed by atoms with Gasteiger partial charge in [-0.05, 0) is 24.3 Å². The lowest BCUT2D eigenvalue weighted by Crippen LogP contribution is -1.91. The summed E-state index contributed by atoms with van der Waals surface area (Å²) in [4.78, 5) is 5.38. The van der Waals surface area contributed by atoms with Gasteiger partial charge in [-0.2, -0.15) is 0 Å². The second-order valence-electron chi connectivity index (χ2n) is 3.00. The van der Waals surface area contributed by atoms with Gasteiger partial charge in [0.2, 0.25) is 0 Å². The number of hydrogen-bond donors (Lipinski definition) is 1. The molecule has 2 aromatic rings. The monoisotopic (exact) mass is 219 g/mol. The first kappa shape index (κ1) is 10.1. The van der Waals surface area contributed by atoms with Gasteiger partial charge in [-0.3, -0.25) is 0 Å². The molecule has 0 saturated carbocycles. The maximum Gasteiger partial charge on any atom is 0.123 e. The molecular weight excluding hydrogens is 208 g/mol. The maximum atomic E-state index is 5.53. The van der Waals surface area contributed by atoms with Gasteiger partial charge in [0, 0.05) is 23.2 Å². The molecule has 0 unspecified atom stereocenters. The lowest BCUT2D eigenvalue weighted by molar-refractivity contribution is 0.473. The first-order valence-electron chi connectivity index (χ1n) is 4.50. The molecule has 0 saturated heterocycles. The van der Waals surface area contributed by atoms with E-state index in [9.17, 15) is 0 Å². The Morgan fingerprint density at radius 1 is 1.33 bits per heavy atom. The van der Waals surface area contributed by atoms with E-state index in [0.29, 0.717) is 6.54 Å². The Hall–Kier alpha value is -1.39. The minimum Gasteiger partial charge on any atom is -0.490 e. The van der Waals surface area contributed by atoms with E-state index in [1.807, 2.05) is 30.5 Å². The van der Waals surface area contributed by atoms with E-state index in [4.69, 9.17) is 10.5 Å². The van der Waals surface area contributed by atoms with Crippen molar-refractivity contribution in [2.24, 2.45) is 5.73 Å². The highest BCUT2D eigenvalue weighted by Crippen LogP contribution is 2.26. The van der Waals surface area contributed by atoms with Crippen LogP contribution >= 0.6 is 11.3 Å². The average molecular weight is 219 g/mol. The minimum atomic E-state index is 0.539. The molecule has 2 rings (SSSR count). The lowest BCUT2D eigenvalue weighted by atomic mass is 10.2. The normalized spacial score (nSPS) is 10.3. The molecule has 0 fully saturated rings. The van der Waals surface area contributed by atoms with E-state index in [1.165, 1.54) is 0 Å². The fourth-order valence-electron chi connectivity index (χ4n) is 1.23. The summed E-state index contributed by atoms with van der Waals surface area (Å²) in [6.45, 7) is 0.539. The zero-order valence-electron chi connectivity index (χ0n) is 8.14. The van der Waals surface area contributed by atoms with Gasteiger partial charge in [0.1, 0.15) is 17.9 Å². The van der Waals surface area contributed by atoms with E-state index in [2.05, 4.69) is 12.1 Å². The first-order chi connectivity index (χ1) is 7.33. The first-order valence-corrected chi connectivity index (χ1v) is 5.32. The predicted octanol–water partition coefficient (Wildman–Crippen LogP) is 2.44. The van der Waals surface area contributed by atoms with Crippen molar-refractivity contribution in [1.29, 1.82) is 0 Å². The second-order valence-corrected chi connectivity index (χ2v) is 4.12. The molecule has 15 heavy (non-hydrogen) atoms. The number of ether oxygens (including phenoxy) is 1. The van der Waals surface area contributed by atoms with Crippen molar-refractivity contribution < 1.29 is 4.74 Å². The number of thiazole rings is 1. The summed E-state index contributed by atoms with van der Waals surface area (Å²) < 4.78 is 4.84. The van der Waals surface area contributed by atoms with Gasteiger partial charge in [-0.25, -0.2) is 4.98 Å². The molecule has 0 aliphatic rings. The third-order valence-corrected chi connectivity index (χ3v) is 3.09. The maximum absolute atomic E-state index is 5.53. The van der Waals surface area contributed by atoms with Gasteiger partial charge in [0.25, 0.3) is 0 Å². The van der Waals surface area contributed by atoms with Gasteiger partial charge in [-0.1, -0.05) is 0 Å². The molecule has 0 aliphatic heterocycles. The van der Waals surface area contributed by atoms with Gasteiger partial charge in [0.05, 0.1) is 0 Å². The van der Waals surface area contributed by atoms with Crippen molar-refractivity contribution >= 4 is 11.3 Å². The topological polar surface area (TPSA) is 48.1 Å². The van der Waals surface area contributed by atoms with Crippen LogP contribution in [-0.4, -0.2) is 4.98 Å². The van der Waals surface area contributed by atoms with Crippen LogP contribution in [0.4, 0.5) is 0 Å². The van der Waals surface area contributed by atoms with Crippen LogP contribution in [-0.2, 0) is 6.54 Å². The minimum absolute atomic E-state index is 0.539. The lowest BCUT2D eigenvalue weighted by Gasteiger charge is -1.99. The van der Waals surface area contributed by atoms with Crippen LogP contribution in [0.25, 0.3) is 10.6 Å².